The van der Waals surface area contributed by atoms with Crippen molar-refractivity contribution in [1.29, 1.82) is 0 Å². The maximum absolute atomic E-state index is 13.2. The second kappa shape index (κ2) is 9.86. The number of ether oxygens (including phenoxy) is 2. The van der Waals surface area contributed by atoms with E-state index in [9.17, 15) is 18.0 Å². The number of nitrogens with zero attached hydrogens (tertiary/aromatic N) is 1. The number of carbonyl (C=O) groups excluding carboxylic acids is 2. The van der Waals surface area contributed by atoms with Crippen molar-refractivity contribution in [3.05, 3.63) is 59.7 Å². The van der Waals surface area contributed by atoms with Crippen molar-refractivity contribution >= 4 is 21.8 Å². The van der Waals surface area contributed by atoms with Gasteiger partial charge in [-0.1, -0.05) is 43.2 Å². The van der Waals surface area contributed by atoms with Gasteiger partial charge in [0.25, 0.3) is 0 Å². The summed E-state index contributed by atoms with van der Waals surface area (Å²) >= 11 is 0. The first-order valence-corrected chi connectivity index (χ1v) is 11.3. The molecule has 0 bridgehead atoms. The fourth-order valence-corrected chi connectivity index (χ4v) is 5.05. The molecule has 1 heterocycles. The number of sulfonamides is 1. The van der Waals surface area contributed by atoms with Crippen molar-refractivity contribution in [2.24, 2.45) is 0 Å². The summed E-state index contributed by atoms with van der Waals surface area (Å²) in [4.78, 5) is 24.5. The quantitative estimate of drug-likeness (QED) is 0.494. The van der Waals surface area contributed by atoms with E-state index in [1.165, 1.54) is 29.6 Å². The van der Waals surface area contributed by atoms with Crippen molar-refractivity contribution in [3.63, 3.8) is 0 Å². The lowest BCUT2D eigenvalue weighted by Gasteiger charge is -2.21. The van der Waals surface area contributed by atoms with Gasteiger partial charge in [-0.25, -0.2) is 13.2 Å². The number of methoxy groups -OCH3 is 1. The average molecular weight is 432 g/mol. The van der Waals surface area contributed by atoms with Gasteiger partial charge >= 0.3 is 5.97 Å². The lowest BCUT2D eigenvalue weighted by Crippen LogP contribution is -2.32. The molecule has 0 aromatic heterocycles. The van der Waals surface area contributed by atoms with E-state index < -0.39 is 22.6 Å². The highest BCUT2D eigenvalue weighted by molar-refractivity contribution is 7.89. The monoisotopic (exact) mass is 431 g/mol. The van der Waals surface area contributed by atoms with Crippen LogP contribution in [0.3, 0.4) is 0 Å². The van der Waals surface area contributed by atoms with Crippen LogP contribution in [0.15, 0.2) is 53.4 Å². The molecule has 0 radical (unpaired) electrons. The van der Waals surface area contributed by atoms with Gasteiger partial charge in [0.1, 0.15) is 10.6 Å². The van der Waals surface area contributed by atoms with Crippen LogP contribution in [0.1, 0.15) is 46.4 Å². The predicted octanol–water partition coefficient (Wildman–Crippen LogP) is 3.30. The Kier molecular flexibility index (Phi) is 7.23. The van der Waals surface area contributed by atoms with Crippen LogP contribution in [0, 0.1) is 0 Å². The lowest BCUT2D eigenvalue weighted by molar-refractivity contribution is 0.0474. The predicted molar refractivity (Wildman–Crippen MR) is 111 cm³/mol. The van der Waals surface area contributed by atoms with E-state index in [0.29, 0.717) is 18.7 Å². The number of esters is 1. The highest BCUT2D eigenvalue weighted by Gasteiger charge is 2.29. The van der Waals surface area contributed by atoms with E-state index in [1.807, 2.05) is 0 Å². The molecule has 2 aromatic rings. The Hall–Kier alpha value is -2.71. The largest absolute Gasteiger partial charge is 0.495 e. The minimum atomic E-state index is -3.82. The molecule has 1 fully saturated rings. The average Bonchev–Trinajstić information content (AvgIpc) is 3.07. The summed E-state index contributed by atoms with van der Waals surface area (Å²) in [5.41, 5.74) is 0.481. The van der Waals surface area contributed by atoms with Gasteiger partial charge in [0.2, 0.25) is 10.0 Å². The summed E-state index contributed by atoms with van der Waals surface area (Å²) < 4.78 is 38.2. The van der Waals surface area contributed by atoms with E-state index in [2.05, 4.69) is 0 Å². The Morgan fingerprint density at radius 3 is 2.23 bits per heavy atom. The molecule has 0 amide bonds. The minimum absolute atomic E-state index is 0.0464. The molecule has 0 saturated carbocycles. The van der Waals surface area contributed by atoms with Gasteiger partial charge in [-0.15, -0.1) is 0 Å². The van der Waals surface area contributed by atoms with Crippen LogP contribution in [-0.4, -0.2) is 51.3 Å². The zero-order chi connectivity index (χ0) is 21.6. The smallest absolute Gasteiger partial charge is 0.338 e. The molecule has 1 aliphatic heterocycles. The Morgan fingerprint density at radius 2 is 1.60 bits per heavy atom. The highest BCUT2D eigenvalue weighted by Crippen LogP contribution is 2.29. The van der Waals surface area contributed by atoms with Crippen molar-refractivity contribution in [1.82, 2.24) is 4.31 Å². The Morgan fingerprint density at radius 1 is 0.933 bits per heavy atom. The molecule has 0 spiro atoms. The van der Waals surface area contributed by atoms with Crippen LogP contribution in [0.4, 0.5) is 0 Å². The van der Waals surface area contributed by atoms with E-state index in [1.54, 1.807) is 30.3 Å². The molecule has 0 unspecified atom stereocenters. The number of ketones is 1. The zero-order valence-corrected chi connectivity index (χ0v) is 17.7. The van der Waals surface area contributed by atoms with E-state index in [4.69, 9.17) is 9.47 Å². The van der Waals surface area contributed by atoms with Crippen LogP contribution in [0.5, 0.6) is 5.75 Å². The highest BCUT2D eigenvalue weighted by atomic mass is 32.2. The number of hydrogen-bond acceptors (Lipinski definition) is 6. The molecule has 0 aliphatic carbocycles. The summed E-state index contributed by atoms with van der Waals surface area (Å²) in [5, 5.41) is 0. The van der Waals surface area contributed by atoms with Gasteiger partial charge < -0.3 is 9.47 Å². The van der Waals surface area contributed by atoms with Crippen molar-refractivity contribution < 1.29 is 27.5 Å². The standard InChI is InChI=1S/C22H25NO6S/c1-28-20-12-11-18(22(25)29-16-19(24)17-9-5-4-6-10-17)15-21(20)30(26,27)23-13-7-2-3-8-14-23/h4-6,9-12,15H,2-3,7-8,13-14,16H2,1H3. The minimum Gasteiger partial charge on any atom is -0.495 e. The first-order valence-electron chi connectivity index (χ1n) is 9.87. The maximum atomic E-state index is 13.2. The molecule has 3 rings (SSSR count). The molecule has 2 aromatic carbocycles. The number of rotatable bonds is 7. The summed E-state index contributed by atoms with van der Waals surface area (Å²) in [6, 6.07) is 12.6. The number of Topliss-reactive ketones (excluding diaryl/α,β-unsaturated/α-hetero) is 1. The third-order valence-corrected chi connectivity index (χ3v) is 6.93. The Balaban J connectivity index is 1.79. The Bertz CT molecular complexity index is 996. The maximum Gasteiger partial charge on any atom is 0.338 e. The lowest BCUT2D eigenvalue weighted by atomic mass is 10.1. The summed E-state index contributed by atoms with van der Waals surface area (Å²) in [6.45, 7) is 0.445. The van der Waals surface area contributed by atoms with Crippen LogP contribution in [-0.2, 0) is 14.8 Å². The first kappa shape index (κ1) is 22.0. The van der Waals surface area contributed by atoms with Crippen molar-refractivity contribution in [2.45, 2.75) is 30.6 Å². The molecule has 0 N–H and O–H groups in total. The summed E-state index contributed by atoms with van der Waals surface area (Å²) in [5.74, 6) is -0.944. The molecule has 1 saturated heterocycles. The number of carbonyl (C=O) groups is 2. The van der Waals surface area contributed by atoms with Crippen LogP contribution in [0.2, 0.25) is 0 Å². The molecule has 160 valence electrons. The molecule has 7 nitrogen and oxygen atoms in total. The number of hydrogen-bond donors (Lipinski definition) is 0. The van der Waals surface area contributed by atoms with Crippen LogP contribution in [0.25, 0.3) is 0 Å². The molecular weight excluding hydrogens is 406 g/mol. The zero-order valence-electron chi connectivity index (χ0n) is 16.9. The van der Waals surface area contributed by atoms with Gasteiger partial charge in [0.05, 0.1) is 12.7 Å². The first-order chi connectivity index (χ1) is 14.4. The SMILES string of the molecule is COc1ccc(C(=O)OCC(=O)c2ccccc2)cc1S(=O)(=O)N1CCCCCC1. The fourth-order valence-electron chi connectivity index (χ4n) is 3.35. The van der Waals surface area contributed by atoms with Gasteiger partial charge in [-0.2, -0.15) is 4.31 Å². The van der Waals surface area contributed by atoms with Gasteiger partial charge in [0, 0.05) is 18.7 Å². The van der Waals surface area contributed by atoms with Gasteiger partial charge in [0.15, 0.2) is 12.4 Å². The fraction of sp³-hybridized carbons (Fsp3) is 0.364. The van der Waals surface area contributed by atoms with E-state index in [-0.39, 0.29) is 22.0 Å². The second-order valence-electron chi connectivity index (χ2n) is 7.05. The molecular formula is C22H25NO6S. The van der Waals surface area contributed by atoms with Gasteiger partial charge in [-0.05, 0) is 31.0 Å². The topological polar surface area (TPSA) is 90.0 Å². The van der Waals surface area contributed by atoms with Crippen LogP contribution >= 0.6 is 0 Å². The molecule has 30 heavy (non-hydrogen) atoms. The van der Waals surface area contributed by atoms with Crippen molar-refractivity contribution in [3.8, 4) is 5.75 Å². The van der Waals surface area contributed by atoms with E-state index in [0.717, 1.165) is 25.7 Å². The summed E-state index contributed by atoms with van der Waals surface area (Å²) in [6.07, 6.45) is 3.58. The molecule has 0 atom stereocenters. The third kappa shape index (κ3) is 5.06. The molecule has 8 heteroatoms. The van der Waals surface area contributed by atoms with Gasteiger partial charge in [-0.3, -0.25) is 4.79 Å². The second-order valence-corrected chi connectivity index (χ2v) is 8.96. The third-order valence-electron chi connectivity index (χ3n) is 5.01. The number of benzene rings is 2. The van der Waals surface area contributed by atoms with Crippen LogP contribution < -0.4 is 4.74 Å². The normalized spacial score (nSPS) is 15.2. The Labute approximate surface area is 176 Å². The van der Waals surface area contributed by atoms with Crippen molar-refractivity contribution in [2.75, 3.05) is 26.8 Å². The summed E-state index contributed by atoms with van der Waals surface area (Å²) in [7, 11) is -2.44. The van der Waals surface area contributed by atoms with E-state index >= 15 is 0 Å². The molecule has 1 aliphatic rings.